The quantitative estimate of drug-likeness (QED) is 0.835. The van der Waals surface area contributed by atoms with Crippen LogP contribution in [0.3, 0.4) is 0 Å². The number of rotatable bonds is 4. The Labute approximate surface area is 161 Å². The Bertz CT molecular complexity index is 759. The Morgan fingerprint density at radius 2 is 1.85 bits per heavy atom. The molecule has 2 aliphatic heterocycles. The SMILES string of the molecule is O=C(c1cccc(-c2ccncc2)c1)N1CCCOC(CN2CCCC2)C1. The zero-order valence-corrected chi connectivity index (χ0v) is 15.7. The Morgan fingerprint density at radius 1 is 1.04 bits per heavy atom. The molecule has 1 atom stereocenters. The van der Waals surface area contributed by atoms with Crippen molar-refractivity contribution in [2.75, 3.05) is 39.3 Å². The van der Waals surface area contributed by atoms with Gasteiger partial charge in [0.15, 0.2) is 0 Å². The first-order chi connectivity index (χ1) is 13.3. The fourth-order valence-electron chi connectivity index (χ4n) is 4.00. The third-order valence-corrected chi connectivity index (χ3v) is 5.42. The second-order valence-corrected chi connectivity index (χ2v) is 7.42. The lowest BCUT2D eigenvalue weighted by Crippen LogP contribution is -2.41. The van der Waals surface area contributed by atoms with E-state index in [1.807, 2.05) is 41.3 Å². The molecule has 1 aromatic heterocycles. The molecule has 142 valence electrons. The zero-order chi connectivity index (χ0) is 18.5. The van der Waals surface area contributed by atoms with Gasteiger partial charge >= 0.3 is 0 Å². The molecule has 2 fully saturated rings. The number of amides is 1. The number of hydrogen-bond acceptors (Lipinski definition) is 4. The largest absolute Gasteiger partial charge is 0.375 e. The molecule has 27 heavy (non-hydrogen) atoms. The Hall–Kier alpha value is -2.24. The highest BCUT2D eigenvalue weighted by Crippen LogP contribution is 2.21. The Kier molecular flexibility index (Phi) is 5.80. The minimum absolute atomic E-state index is 0.0998. The first-order valence-electron chi connectivity index (χ1n) is 9.93. The van der Waals surface area contributed by atoms with Crippen LogP contribution in [0.1, 0.15) is 29.6 Å². The maximum atomic E-state index is 13.2. The van der Waals surface area contributed by atoms with Gasteiger partial charge in [0.05, 0.1) is 6.10 Å². The highest BCUT2D eigenvalue weighted by molar-refractivity contribution is 5.95. The smallest absolute Gasteiger partial charge is 0.253 e. The van der Waals surface area contributed by atoms with Crippen LogP contribution in [-0.2, 0) is 4.74 Å². The van der Waals surface area contributed by atoms with Gasteiger partial charge in [-0.15, -0.1) is 0 Å². The Balaban J connectivity index is 1.47. The van der Waals surface area contributed by atoms with Crippen molar-refractivity contribution in [1.82, 2.24) is 14.8 Å². The van der Waals surface area contributed by atoms with Crippen LogP contribution >= 0.6 is 0 Å². The standard InChI is InChI=1S/C22H27N3O2/c26-22(20-6-3-5-19(15-20)18-7-9-23-10-8-18)25-13-4-14-27-21(17-25)16-24-11-1-2-12-24/h3,5-10,15,21H,1-2,4,11-14,16-17H2. The highest BCUT2D eigenvalue weighted by atomic mass is 16.5. The van der Waals surface area contributed by atoms with Crippen LogP contribution in [0.15, 0.2) is 48.8 Å². The molecule has 2 aromatic rings. The normalized spacial score (nSPS) is 21.2. The molecule has 0 saturated carbocycles. The van der Waals surface area contributed by atoms with Crippen molar-refractivity contribution >= 4 is 5.91 Å². The Morgan fingerprint density at radius 3 is 2.67 bits per heavy atom. The third-order valence-electron chi connectivity index (χ3n) is 5.42. The van der Waals surface area contributed by atoms with Gasteiger partial charge < -0.3 is 14.5 Å². The van der Waals surface area contributed by atoms with Crippen molar-refractivity contribution in [3.63, 3.8) is 0 Å². The summed E-state index contributed by atoms with van der Waals surface area (Å²) in [5, 5.41) is 0. The van der Waals surface area contributed by atoms with Gasteiger partial charge in [-0.25, -0.2) is 0 Å². The van der Waals surface area contributed by atoms with Crippen LogP contribution in [0.5, 0.6) is 0 Å². The van der Waals surface area contributed by atoms with E-state index in [2.05, 4.69) is 9.88 Å². The number of ether oxygens (including phenoxy) is 1. The maximum Gasteiger partial charge on any atom is 0.253 e. The zero-order valence-electron chi connectivity index (χ0n) is 15.7. The fourth-order valence-corrected chi connectivity index (χ4v) is 4.00. The van der Waals surface area contributed by atoms with Crippen molar-refractivity contribution < 1.29 is 9.53 Å². The molecule has 0 N–H and O–H groups in total. The molecule has 1 amide bonds. The highest BCUT2D eigenvalue weighted by Gasteiger charge is 2.26. The molecule has 5 heteroatoms. The first kappa shape index (κ1) is 18.1. The molecule has 1 aromatic carbocycles. The molecule has 5 nitrogen and oxygen atoms in total. The molecule has 3 heterocycles. The minimum Gasteiger partial charge on any atom is -0.375 e. The van der Waals surface area contributed by atoms with E-state index in [-0.39, 0.29) is 12.0 Å². The van der Waals surface area contributed by atoms with Crippen molar-refractivity contribution in [3.05, 3.63) is 54.4 Å². The lowest BCUT2D eigenvalue weighted by molar-refractivity contribution is 0.0297. The van der Waals surface area contributed by atoms with E-state index in [0.717, 1.165) is 55.9 Å². The van der Waals surface area contributed by atoms with Crippen LogP contribution in [-0.4, -0.2) is 66.1 Å². The van der Waals surface area contributed by atoms with E-state index in [1.165, 1.54) is 12.8 Å². The van der Waals surface area contributed by atoms with Gasteiger partial charge in [0.25, 0.3) is 5.91 Å². The monoisotopic (exact) mass is 365 g/mol. The lowest BCUT2D eigenvalue weighted by atomic mass is 10.0. The molecular weight excluding hydrogens is 338 g/mol. The minimum atomic E-state index is 0.0998. The molecule has 1 unspecified atom stereocenters. The van der Waals surface area contributed by atoms with Gasteiger partial charge in [-0.2, -0.15) is 0 Å². The average molecular weight is 365 g/mol. The molecule has 0 bridgehead atoms. The summed E-state index contributed by atoms with van der Waals surface area (Å²) in [6, 6.07) is 11.8. The maximum absolute atomic E-state index is 13.2. The van der Waals surface area contributed by atoms with Crippen LogP contribution in [0.2, 0.25) is 0 Å². The van der Waals surface area contributed by atoms with Crippen LogP contribution in [0.25, 0.3) is 11.1 Å². The number of carbonyl (C=O) groups excluding carboxylic acids is 1. The van der Waals surface area contributed by atoms with Crippen LogP contribution in [0.4, 0.5) is 0 Å². The molecular formula is C22H27N3O2. The number of nitrogens with zero attached hydrogens (tertiary/aromatic N) is 3. The van der Waals surface area contributed by atoms with Crippen molar-refractivity contribution in [2.24, 2.45) is 0 Å². The third kappa shape index (κ3) is 4.54. The summed E-state index contributed by atoms with van der Waals surface area (Å²) in [5.41, 5.74) is 2.86. The number of aromatic nitrogens is 1. The summed E-state index contributed by atoms with van der Waals surface area (Å²) in [5.74, 6) is 0.0998. The molecule has 0 aliphatic carbocycles. The topological polar surface area (TPSA) is 45.7 Å². The molecule has 0 radical (unpaired) electrons. The molecule has 2 aliphatic rings. The number of likely N-dealkylation sites (tertiary alicyclic amines) is 1. The fraction of sp³-hybridized carbons (Fsp3) is 0.455. The number of carbonyl (C=O) groups is 1. The van der Waals surface area contributed by atoms with Gasteiger partial charge in [0.2, 0.25) is 0 Å². The van der Waals surface area contributed by atoms with Gasteiger partial charge in [-0.1, -0.05) is 12.1 Å². The summed E-state index contributed by atoms with van der Waals surface area (Å²) in [7, 11) is 0. The second-order valence-electron chi connectivity index (χ2n) is 7.42. The summed E-state index contributed by atoms with van der Waals surface area (Å²) in [4.78, 5) is 21.7. The van der Waals surface area contributed by atoms with Crippen LogP contribution < -0.4 is 0 Å². The van der Waals surface area contributed by atoms with E-state index in [4.69, 9.17) is 4.74 Å². The van der Waals surface area contributed by atoms with Crippen molar-refractivity contribution in [1.29, 1.82) is 0 Å². The summed E-state index contributed by atoms with van der Waals surface area (Å²) < 4.78 is 6.03. The van der Waals surface area contributed by atoms with Gasteiger partial charge in [-0.3, -0.25) is 9.78 Å². The first-order valence-corrected chi connectivity index (χ1v) is 9.93. The lowest BCUT2D eigenvalue weighted by Gasteiger charge is -2.27. The van der Waals surface area contributed by atoms with E-state index < -0.39 is 0 Å². The molecule has 2 saturated heterocycles. The van der Waals surface area contributed by atoms with Crippen LogP contribution in [0, 0.1) is 0 Å². The van der Waals surface area contributed by atoms with Gasteiger partial charge in [0.1, 0.15) is 0 Å². The van der Waals surface area contributed by atoms with E-state index in [9.17, 15) is 4.79 Å². The van der Waals surface area contributed by atoms with Gasteiger partial charge in [-0.05, 0) is 67.7 Å². The summed E-state index contributed by atoms with van der Waals surface area (Å²) in [6.07, 6.45) is 7.11. The van der Waals surface area contributed by atoms with E-state index in [1.54, 1.807) is 12.4 Å². The summed E-state index contributed by atoms with van der Waals surface area (Å²) in [6.45, 7) is 5.41. The van der Waals surface area contributed by atoms with Crippen molar-refractivity contribution in [2.45, 2.75) is 25.4 Å². The van der Waals surface area contributed by atoms with Crippen molar-refractivity contribution in [3.8, 4) is 11.1 Å². The predicted molar refractivity (Wildman–Crippen MR) is 106 cm³/mol. The number of hydrogen-bond donors (Lipinski definition) is 0. The second kappa shape index (κ2) is 8.63. The predicted octanol–water partition coefficient (Wildman–Crippen LogP) is 3.08. The molecule has 4 rings (SSSR count). The van der Waals surface area contributed by atoms with E-state index in [0.29, 0.717) is 6.54 Å². The van der Waals surface area contributed by atoms with Gasteiger partial charge in [0, 0.05) is 44.2 Å². The number of benzene rings is 1. The average Bonchev–Trinajstić information content (AvgIpc) is 3.12. The summed E-state index contributed by atoms with van der Waals surface area (Å²) >= 11 is 0. The van der Waals surface area contributed by atoms with E-state index >= 15 is 0 Å². The molecule has 0 spiro atoms. The number of pyridine rings is 1.